The van der Waals surface area contributed by atoms with Crippen molar-refractivity contribution >= 4 is 17.7 Å². The third-order valence-corrected chi connectivity index (χ3v) is 5.80. The number of halogens is 1. The van der Waals surface area contributed by atoms with Crippen molar-refractivity contribution in [2.24, 2.45) is 0 Å². The van der Waals surface area contributed by atoms with Crippen LogP contribution in [-0.2, 0) is 9.53 Å². The maximum Gasteiger partial charge on any atom is 0.425 e. The summed E-state index contributed by atoms with van der Waals surface area (Å²) in [7, 11) is 1.64. The zero-order chi connectivity index (χ0) is 22.7. The lowest BCUT2D eigenvalue weighted by Gasteiger charge is -2.41. The molecule has 4 rings (SSSR count). The Morgan fingerprint density at radius 3 is 2.50 bits per heavy atom. The molecule has 170 valence electrons. The minimum absolute atomic E-state index is 0.157. The molecule has 2 amide bonds. The van der Waals surface area contributed by atoms with Gasteiger partial charge in [-0.2, -0.15) is 0 Å². The fourth-order valence-corrected chi connectivity index (χ4v) is 4.22. The van der Waals surface area contributed by atoms with Gasteiger partial charge in [-0.05, 0) is 42.0 Å². The van der Waals surface area contributed by atoms with Crippen molar-refractivity contribution in [3.63, 3.8) is 0 Å². The molecule has 9 heteroatoms. The molecule has 0 spiro atoms. The van der Waals surface area contributed by atoms with E-state index in [0.717, 1.165) is 11.4 Å². The van der Waals surface area contributed by atoms with E-state index in [9.17, 15) is 14.0 Å². The molecular weight excluding hydrogens is 415 g/mol. The Hall–Kier alpha value is -3.33. The zero-order valence-corrected chi connectivity index (χ0v) is 18.2. The first kappa shape index (κ1) is 21.9. The van der Waals surface area contributed by atoms with Gasteiger partial charge in [0.2, 0.25) is 5.91 Å². The van der Waals surface area contributed by atoms with Crippen LogP contribution in [0, 0.1) is 5.82 Å². The van der Waals surface area contributed by atoms with E-state index in [1.54, 1.807) is 24.3 Å². The zero-order valence-electron chi connectivity index (χ0n) is 18.2. The van der Waals surface area contributed by atoms with E-state index in [1.807, 2.05) is 29.3 Å². The van der Waals surface area contributed by atoms with E-state index in [1.165, 1.54) is 19.1 Å². The second-order valence-corrected chi connectivity index (χ2v) is 7.84. The fraction of sp³-hybridized carbons (Fsp3) is 0.391. The van der Waals surface area contributed by atoms with Gasteiger partial charge in [0.05, 0.1) is 13.7 Å². The quantitative estimate of drug-likeness (QED) is 0.741. The van der Waals surface area contributed by atoms with Gasteiger partial charge < -0.3 is 19.7 Å². The largest absolute Gasteiger partial charge is 0.497 e. The molecule has 0 aromatic heterocycles. The number of anilines is 1. The van der Waals surface area contributed by atoms with Gasteiger partial charge in [-0.3, -0.25) is 4.79 Å². The topological polar surface area (TPSA) is 74.3 Å². The summed E-state index contributed by atoms with van der Waals surface area (Å²) in [4.78, 5) is 26.5. The summed E-state index contributed by atoms with van der Waals surface area (Å²) in [5, 5.41) is 6.24. The summed E-state index contributed by atoms with van der Waals surface area (Å²) in [6.07, 6.45) is -1.11. The number of rotatable bonds is 6. The van der Waals surface area contributed by atoms with Crippen LogP contribution in [0.1, 0.15) is 18.5 Å². The van der Waals surface area contributed by atoms with Crippen LogP contribution >= 0.6 is 0 Å². The Bertz CT molecular complexity index is 963. The SMILES string of the molecule is COc1ccc(N2CCN(N3C(=O)OC(CNC(C)=O)C3c3cccc(F)c3)CC2)cc1. The van der Waals surface area contributed by atoms with Crippen molar-refractivity contribution in [1.29, 1.82) is 0 Å². The number of hydrogen-bond donors (Lipinski definition) is 1. The van der Waals surface area contributed by atoms with Crippen LogP contribution in [0.15, 0.2) is 48.5 Å². The van der Waals surface area contributed by atoms with Crippen LogP contribution in [0.4, 0.5) is 14.9 Å². The van der Waals surface area contributed by atoms with E-state index in [2.05, 4.69) is 10.2 Å². The predicted octanol–water partition coefficient (Wildman–Crippen LogP) is 2.57. The summed E-state index contributed by atoms with van der Waals surface area (Å²) >= 11 is 0. The lowest BCUT2D eigenvalue weighted by atomic mass is 10.0. The molecule has 0 bridgehead atoms. The van der Waals surface area contributed by atoms with Crippen molar-refractivity contribution in [3.8, 4) is 5.75 Å². The first-order valence-corrected chi connectivity index (χ1v) is 10.6. The molecule has 2 unspecified atom stereocenters. The monoisotopic (exact) mass is 442 g/mol. The Morgan fingerprint density at radius 1 is 1.16 bits per heavy atom. The maximum absolute atomic E-state index is 14.0. The molecule has 2 fully saturated rings. The van der Waals surface area contributed by atoms with Crippen LogP contribution in [0.5, 0.6) is 5.75 Å². The van der Waals surface area contributed by atoms with Gasteiger partial charge in [-0.1, -0.05) is 12.1 Å². The van der Waals surface area contributed by atoms with Gasteiger partial charge in [0, 0.05) is 38.8 Å². The Kier molecular flexibility index (Phi) is 6.45. The van der Waals surface area contributed by atoms with E-state index in [0.29, 0.717) is 31.7 Å². The molecule has 2 aromatic carbocycles. The number of hydrogen-bond acceptors (Lipinski definition) is 6. The van der Waals surface area contributed by atoms with E-state index >= 15 is 0 Å². The molecule has 2 saturated heterocycles. The van der Waals surface area contributed by atoms with Gasteiger partial charge in [-0.25, -0.2) is 19.2 Å². The maximum atomic E-state index is 14.0. The highest BCUT2D eigenvalue weighted by Gasteiger charge is 2.46. The number of nitrogens with one attached hydrogen (secondary N) is 1. The number of hydrazine groups is 1. The molecule has 2 heterocycles. The Labute approximate surface area is 186 Å². The van der Waals surface area contributed by atoms with Gasteiger partial charge >= 0.3 is 6.09 Å². The Morgan fingerprint density at radius 2 is 1.88 bits per heavy atom. The molecule has 0 saturated carbocycles. The van der Waals surface area contributed by atoms with Crippen LogP contribution in [0.2, 0.25) is 0 Å². The van der Waals surface area contributed by atoms with Crippen molar-refractivity contribution in [1.82, 2.24) is 15.3 Å². The Balaban J connectivity index is 1.51. The van der Waals surface area contributed by atoms with Crippen LogP contribution in [-0.4, -0.2) is 68.0 Å². The summed E-state index contributed by atoms with van der Waals surface area (Å²) < 4.78 is 24.8. The summed E-state index contributed by atoms with van der Waals surface area (Å²) in [6.45, 7) is 4.18. The van der Waals surface area contributed by atoms with Gasteiger partial charge in [0.25, 0.3) is 0 Å². The van der Waals surface area contributed by atoms with Crippen molar-refractivity contribution < 1.29 is 23.5 Å². The molecule has 8 nitrogen and oxygen atoms in total. The summed E-state index contributed by atoms with van der Waals surface area (Å²) in [5.74, 6) is 0.199. The number of nitrogens with zero attached hydrogens (tertiary/aromatic N) is 3. The number of carbonyl (C=O) groups excluding carboxylic acids is 2. The van der Waals surface area contributed by atoms with E-state index in [-0.39, 0.29) is 18.3 Å². The summed E-state index contributed by atoms with van der Waals surface area (Å²) in [5.41, 5.74) is 1.71. The van der Waals surface area contributed by atoms with Gasteiger partial charge in [-0.15, -0.1) is 0 Å². The van der Waals surface area contributed by atoms with Crippen LogP contribution in [0.3, 0.4) is 0 Å². The van der Waals surface area contributed by atoms with E-state index in [4.69, 9.17) is 9.47 Å². The first-order valence-electron chi connectivity index (χ1n) is 10.6. The number of carbonyl (C=O) groups is 2. The molecule has 2 aliphatic heterocycles. The average molecular weight is 442 g/mol. The minimum atomic E-state index is -0.618. The molecule has 0 radical (unpaired) electrons. The molecule has 2 atom stereocenters. The number of cyclic esters (lactones) is 1. The fourth-order valence-electron chi connectivity index (χ4n) is 4.22. The van der Waals surface area contributed by atoms with Crippen LogP contribution < -0.4 is 15.0 Å². The summed E-state index contributed by atoms with van der Waals surface area (Å²) in [6, 6.07) is 13.5. The molecule has 32 heavy (non-hydrogen) atoms. The predicted molar refractivity (Wildman–Crippen MR) is 117 cm³/mol. The molecule has 1 N–H and O–H groups in total. The molecular formula is C23H27FN4O4. The molecule has 2 aliphatic rings. The van der Waals surface area contributed by atoms with Gasteiger partial charge in [0.15, 0.2) is 0 Å². The second kappa shape index (κ2) is 9.44. The smallest absolute Gasteiger partial charge is 0.425 e. The highest BCUT2D eigenvalue weighted by Crippen LogP contribution is 2.35. The average Bonchev–Trinajstić information content (AvgIpc) is 3.14. The number of amides is 2. The normalized spacial score (nSPS) is 21.4. The molecule has 0 aliphatic carbocycles. The highest BCUT2D eigenvalue weighted by molar-refractivity contribution is 5.73. The van der Waals surface area contributed by atoms with Crippen molar-refractivity contribution in [3.05, 3.63) is 59.9 Å². The number of ether oxygens (including phenoxy) is 2. The third-order valence-electron chi connectivity index (χ3n) is 5.80. The highest BCUT2D eigenvalue weighted by atomic mass is 19.1. The first-order chi connectivity index (χ1) is 15.5. The number of benzene rings is 2. The number of piperazine rings is 1. The lowest BCUT2D eigenvalue weighted by molar-refractivity contribution is -0.119. The third kappa shape index (κ3) is 4.62. The van der Waals surface area contributed by atoms with Gasteiger partial charge in [0.1, 0.15) is 23.7 Å². The van der Waals surface area contributed by atoms with Crippen LogP contribution in [0.25, 0.3) is 0 Å². The van der Waals surface area contributed by atoms with Crippen molar-refractivity contribution in [2.75, 3.05) is 44.7 Å². The number of methoxy groups -OCH3 is 1. The second-order valence-electron chi connectivity index (χ2n) is 7.84. The molecule has 2 aromatic rings. The standard InChI is InChI=1S/C23H27FN4O4/c1-16(29)25-15-21-22(17-4-3-5-18(24)14-17)28(23(30)32-21)27-12-10-26(11-13-27)19-6-8-20(31-2)9-7-19/h3-9,14,21-22H,10-13,15H2,1-2H3,(H,25,29). The van der Waals surface area contributed by atoms with Crippen molar-refractivity contribution in [2.45, 2.75) is 19.1 Å². The minimum Gasteiger partial charge on any atom is -0.497 e. The lowest BCUT2D eigenvalue weighted by Crippen LogP contribution is -2.55. The van der Waals surface area contributed by atoms with E-state index < -0.39 is 18.2 Å².